The summed E-state index contributed by atoms with van der Waals surface area (Å²) >= 11 is 0. The van der Waals surface area contributed by atoms with Crippen molar-refractivity contribution >= 4 is 29.5 Å². The molecule has 0 N–H and O–H groups in total. The zero-order valence-corrected chi connectivity index (χ0v) is 22.0. The fraction of sp³-hybridized carbons (Fsp3) is 0.321. The summed E-state index contributed by atoms with van der Waals surface area (Å²) in [7, 11) is -2.95. The Kier molecular flexibility index (Phi) is 5.25. The van der Waals surface area contributed by atoms with Crippen molar-refractivity contribution in [3.8, 4) is 16.9 Å². The molecular formula is C28H26F3N4O3P. The van der Waals surface area contributed by atoms with Crippen LogP contribution in [0.5, 0.6) is 5.75 Å². The van der Waals surface area contributed by atoms with Gasteiger partial charge < -0.3 is 18.8 Å². The number of hydrogen-bond donors (Lipinski definition) is 0. The maximum absolute atomic E-state index is 15.2. The number of fused-ring (bicyclic) bond motifs is 9. The standard InChI is InChI=1S/C28H26F3N4O3P/c1-4-39(37,5-2)26-18(29)11-16(14-32-26)15-9-10-19-20(12-15)35-21-13-22(25(35)33-19)34(3)27(36)17-7-6-8-23(24(17)21)38-28(30)31/h6-12,14,21-22,28H,4-5,13H2,1-3H3/t21-,22-/m1/s1/i3D3. The summed E-state index contributed by atoms with van der Waals surface area (Å²) in [5.74, 6) is -1.43. The number of halogens is 3. The van der Waals surface area contributed by atoms with Gasteiger partial charge in [-0.1, -0.05) is 26.0 Å². The molecule has 0 radical (unpaired) electrons. The van der Waals surface area contributed by atoms with Gasteiger partial charge in [0.2, 0.25) is 0 Å². The Labute approximate surface area is 227 Å². The number of hydrogen-bond acceptors (Lipinski definition) is 5. The van der Waals surface area contributed by atoms with Crippen molar-refractivity contribution in [3.05, 3.63) is 71.4 Å². The maximum atomic E-state index is 15.2. The average molecular weight is 558 g/mol. The molecule has 0 saturated heterocycles. The van der Waals surface area contributed by atoms with Gasteiger partial charge in [-0.2, -0.15) is 8.78 Å². The van der Waals surface area contributed by atoms with Crippen LogP contribution in [0.25, 0.3) is 22.2 Å². The molecule has 2 aromatic carbocycles. The van der Waals surface area contributed by atoms with Crippen LogP contribution in [0.2, 0.25) is 0 Å². The second-order valence-electron chi connectivity index (χ2n) is 9.63. The highest BCUT2D eigenvalue weighted by atomic mass is 31.2. The van der Waals surface area contributed by atoms with Gasteiger partial charge in [0, 0.05) is 52.7 Å². The van der Waals surface area contributed by atoms with Gasteiger partial charge in [-0.15, -0.1) is 0 Å². The summed E-state index contributed by atoms with van der Waals surface area (Å²) in [6.07, 6.45) is 2.12. The van der Waals surface area contributed by atoms with Crippen molar-refractivity contribution in [2.45, 2.75) is 39.0 Å². The second kappa shape index (κ2) is 9.23. The minimum Gasteiger partial charge on any atom is -0.434 e. The molecule has 0 unspecified atom stereocenters. The van der Waals surface area contributed by atoms with Crippen LogP contribution in [0.4, 0.5) is 13.2 Å². The van der Waals surface area contributed by atoms with Crippen LogP contribution >= 0.6 is 7.14 Å². The molecule has 2 bridgehead atoms. The number of imidazole rings is 1. The predicted molar refractivity (Wildman–Crippen MR) is 142 cm³/mol. The van der Waals surface area contributed by atoms with Crippen molar-refractivity contribution in [2.24, 2.45) is 0 Å². The second-order valence-corrected chi connectivity index (χ2v) is 13.1. The van der Waals surface area contributed by atoms with Crippen LogP contribution in [0.1, 0.15) is 58.2 Å². The van der Waals surface area contributed by atoms with E-state index in [0.717, 1.165) is 4.90 Å². The number of pyridine rings is 1. The third kappa shape index (κ3) is 3.87. The van der Waals surface area contributed by atoms with Gasteiger partial charge in [-0.25, -0.2) is 14.4 Å². The van der Waals surface area contributed by atoms with Crippen LogP contribution in [0.15, 0.2) is 48.7 Å². The largest absolute Gasteiger partial charge is 0.434 e. The molecular weight excluding hydrogens is 528 g/mol. The highest BCUT2D eigenvalue weighted by molar-refractivity contribution is 7.71. The van der Waals surface area contributed by atoms with E-state index in [0.29, 0.717) is 28.0 Å². The lowest BCUT2D eigenvalue weighted by atomic mass is 9.97. The number of alkyl halides is 2. The Bertz CT molecular complexity index is 1790. The first-order valence-corrected chi connectivity index (χ1v) is 14.6. The fourth-order valence-electron chi connectivity index (χ4n) is 5.70. The SMILES string of the molecule is [2H]C([2H])([2H])N1C(=O)c2cccc(OC(F)F)c2[C@H]2C[C@@H]1c1nc3ccc(-c4cnc(P(=O)(CC)CC)c(F)c4)cc3n12. The van der Waals surface area contributed by atoms with Crippen molar-refractivity contribution in [1.82, 2.24) is 19.4 Å². The van der Waals surface area contributed by atoms with Gasteiger partial charge in [0.25, 0.3) is 5.91 Å². The topological polar surface area (TPSA) is 77.3 Å². The van der Waals surface area contributed by atoms with Gasteiger partial charge >= 0.3 is 6.61 Å². The van der Waals surface area contributed by atoms with Gasteiger partial charge in [0.15, 0.2) is 5.82 Å². The van der Waals surface area contributed by atoms with Crippen LogP contribution in [-0.2, 0) is 4.57 Å². The summed E-state index contributed by atoms with van der Waals surface area (Å²) in [6, 6.07) is 8.79. The Morgan fingerprint density at radius 1 is 1.15 bits per heavy atom. The van der Waals surface area contributed by atoms with Crippen LogP contribution < -0.4 is 10.2 Å². The molecule has 39 heavy (non-hydrogen) atoms. The van der Waals surface area contributed by atoms with Crippen molar-refractivity contribution in [2.75, 3.05) is 19.3 Å². The molecule has 4 heterocycles. The molecule has 11 heteroatoms. The van der Waals surface area contributed by atoms with Crippen molar-refractivity contribution in [3.63, 3.8) is 0 Å². The lowest BCUT2D eigenvalue weighted by Gasteiger charge is -2.24. The Hall–Kier alpha value is -3.65. The van der Waals surface area contributed by atoms with E-state index in [4.69, 9.17) is 8.85 Å². The molecule has 7 nitrogen and oxygen atoms in total. The average Bonchev–Trinajstić information content (AvgIpc) is 3.44. The number of benzene rings is 2. The van der Waals surface area contributed by atoms with Crippen molar-refractivity contribution < 1.29 is 31.4 Å². The monoisotopic (exact) mass is 557 g/mol. The number of carbonyl (C=O) groups excluding carboxylic acids is 1. The molecule has 0 spiro atoms. The molecule has 6 rings (SSSR count). The minimum absolute atomic E-state index is 0.0368. The van der Waals surface area contributed by atoms with E-state index in [9.17, 15) is 18.1 Å². The van der Waals surface area contributed by atoms with Crippen LogP contribution in [-0.4, -0.2) is 51.3 Å². The Morgan fingerprint density at radius 2 is 1.95 bits per heavy atom. The molecule has 1 amide bonds. The molecule has 2 aliphatic rings. The van der Waals surface area contributed by atoms with Gasteiger partial charge in [0.1, 0.15) is 24.2 Å². The van der Waals surface area contributed by atoms with Gasteiger partial charge in [0.05, 0.1) is 23.1 Å². The predicted octanol–water partition coefficient (Wildman–Crippen LogP) is 5.99. The summed E-state index contributed by atoms with van der Waals surface area (Å²) in [6.45, 7) is -2.53. The van der Waals surface area contributed by atoms with Gasteiger partial charge in [-0.05, 0) is 35.9 Å². The summed E-state index contributed by atoms with van der Waals surface area (Å²) in [4.78, 5) is 23.2. The van der Waals surface area contributed by atoms with Crippen LogP contribution in [0, 0.1) is 5.82 Å². The van der Waals surface area contributed by atoms with Crippen molar-refractivity contribution in [1.29, 1.82) is 0 Å². The van der Waals surface area contributed by atoms with E-state index in [1.165, 1.54) is 30.5 Å². The molecule has 0 saturated carbocycles. The third-order valence-electron chi connectivity index (χ3n) is 7.71. The number of ether oxygens (including phenoxy) is 1. The van der Waals surface area contributed by atoms with E-state index in [-0.39, 0.29) is 41.1 Å². The Morgan fingerprint density at radius 3 is 2.64 bits per heavy atom. The normalized spacial score (nSPS) is 19.9. The lowest BCUT2D eigenvalue weighted by molar-refractivity contribution is -0.0507. The highest BCUT2D eigenvalue weighted by Gasteiger charge is 2.45. The molecule has 2 aromatic heterocycles. The molecule has 2 atom stereocenters. The number of carbonyl (C=O) groups is 1. The number of amides is 1. The first-order valence-electron chi connectivity index (χ1n) is 14.1. The zero-order valence-electron chi connectivity index (χ0n) is 24.1. The first kappa shape index (κ1) is 22.2. The van der Waals surface area contributed by atoms with Gasteiger partial charge in [-0.3, -0.25) is 4.79 Å². The number of aromatic nitrogens is 3. The quantitative estimate of drug-likeness (QED) is 0.273. The van der Waals surface area contributed by atoms with E-state index >= 15 is 4.39 Å². The Balaban J connectivity index is 1.55. The maximum Gasteiger partial charge on any atom is 0.387 e. The highest BCUT2D eigenvalue weighted by Crippen LogP contribution is 2.50. The van der Waals surface area contributed by atoms with Crippen LogP contribution in [0.3, 0.4) is 0 Å². The minimum atomic E-state index is -3.17. The van der Waals surface area contributed by atoms with E-state index in [2.05, 4.69) is 9.97 Å². The smallest absolute Gasteiger partial charge is 0.387 e. The summed E-state index contributed by atoms with van der Waals surface area (Å²) in [5, 5.41) is 0. The molecule has 2 aliphatic heterocycles. The van der Waals surface area contributed by atoms with E-state index < -0.39 is 44.5 Å². The fourth-order valence-corrected chi connectivity index (χ4v) is 7.47. The molecule has 4 aromatic rings. The first-order chi connectivity index (χ1) is 19.9. The molecule has 0 fully saturated rings. The molecule has 0 aliphatic carbocycles. The summed E-state index contributed by atoms with van der Waals surface area (Å²) in [5.41, 5.74) is 2.06. The summed E-state index contributed by atoms with van der Waals surface area (Å²) < 4.78 is 86.1. The number of nitrogens with zero attached hydrogens (tertiary/aromatic N) is 4. The third-order valence-corrected chi connectivity index (χ3v) is 10.9. The number of rotatable bonds is 6. The zero-order chi connectivity index (χ0) is 30.1. The molecule has 202 valence electrons. The van der Waals surface area contributed by atoms with E-state index in [1.54, 1.807) is 36.6 Å². The van der Waals surface area contributed by atoms with E-state index in [1.807, 2.05) is 0 Å². The lowest BCUT2D eigenvalue weighted by Crippen LogP contribution is -2.30.